The predicted molar refractivity (Wildman–Crippen MR) is 94.2 cm³/mol. The molecule has 2 aliphatic rings. The zero-order valence-corrected chi connectivity index (χ0v) is 13.4. The van der Waals surface area contributed by atoms with Crippen molar-refractivity contribution in [3.63, 3.8) is 0 Å². The number of hydrogen-bond donors (Lipinski definition) is 0. The van der Waals surface area contributed by atoms with Gasteiger partial charge >= 0.3 is 0 Å². The molecule has 0 saturated carbocycles. The van der Waals surface area contributed by atoms with Crippen molar-refractivity contribution in [3.8, 4) is 0 Å². The maximum Gasteiger partial charge on any atom is -0.00944 e. The number of hydrogen-bond acceptors (Lipinski definition) is 0. The highest BCUT2D eigenvalue weighted by atomic mass is 14.1. The van der Waals surface area contributed by atoms with Crippen molar-refractivity contribution in [1.29, 1.82) is 0 Å². The molecule has 0 spiro atoms. The van der Waals surface area contributed by atoms with Crippen LogP contribution in [0.25, 0.3) is 0 Å². The highest BCUT2D eigenvalue weighted by Crippen LogP contribution is 2.29. The van der Waals surface area contributed by atoms with Gasteiger partial charge in [0.05, 0.1) is 0 Å². The molecular formula is C21H26. The van der Waals surface area contributed by atoms with Gasteiger partial charge in [-0.25, -0.2) is 0 Å². The first-order chi connectivity index (χ1) is 10.2. The molecule has 0 nitrogen and oxygen atoms in total. The fraction of sp³-hybridized carbons (Fsp3) is 0.333. The Bertz CT molecular complexity index is 571. The van der Waals surface area contributed by atoms with Crippen LogP contribution in [-0.4, -0.2) is 0 Å². The molecule has 0 heterocycles. The van der Waals surface area contributed by atoms with Gasteiger partial charge in [0.25, 0.3) is 0 Å². The zero-order valence-electron chi connectivity index (χ0n) is 13.4. The normalized spacial score (nSPS) is 24.9. The Kier molecular flexibility index (Phi) is 5.80. The summed E-state index contributed by atoms with van der Waals surface area (Å²) in [7, 11) is 0. The Hall–Kier alpha value is -1.82. The summed E-state index contributed by atoms with van der Waals surface area (Å²) in [4.78, 5) is 0. The van der Waals surface area contributed by atoms with E-state index in [2.05, 4.69) is 62.1 Å². The third kappa shape index (κ3) is 4.60. The lowest BCUT2D eigenvalue weighted by Crippen LogP contribution is -1.94. The Balaban J connectivity index is 2.33. The molecule has 2 rings (SSSR count). The molecule has 0 aromatic carbocycles. The van der Waals surface area contributed by atoms with Crippen molar-refractivity contribution in [2.75, 3.05) is 0 Å². The predicted octanol–water partition coefficient (Wildman–Crippen LogP) is 6.38. The molecule has 0 bridgehead atoms. The first-order valence-electron chi connectivity index (χ1n) is 7.95. The summed E-state index contributed by atoms with van der Waals surface area (Å²) < 4.78 is 0. The second-order valence-corrected chi connectivity index (χ2v) is 5.82. The van der Waals surface area contributed by atoms with E-state index in [4.69, 9.17) is 0 Å². The summed E-state index contributed by atoms with van der Waals surface area (Å²) in [5.41, 5.74) is 6.78. The molecule has 0 fully saturated rings. The van der Waals surface area contributed by atoms with Gasteiger partial charge in [0.2, 0.25) is 0 Å². The van der Waals surface area contributed by atoms with Crippen molar-refractivity contribution in [3.05, 3.63) is 83.1 Å². The molecule has 0 aromatic rings. The number of rotatable bonds is 3. The molecule has 2 aliphatic carbocycles. The lowest BCUT2D eigenvalue weighted by Gasteiger charge is -2.13. The molecule has 0 saturated heterocycles. The summed E-state index contributed by atoms with van der Waals surface area (Å²) in [6.07, 6.45) is 23.6. The third-order valence-electron chi connectivity index (χ3n) is 4.05. The standard InChI is InChI=1S/C21H26/c1-4-9-18(3)20-11-6-5-7-12-21(16-20)19-13-8-10-17(2)14-15-19/h4-5,7,9,11,14-16H,3,6,8,10,12-13H2,1-2H3/b7-5?,9-4-,20-11+,21-16+. The fourth-order valence-corrected chi connectivity index (χ4v) is 2.79. The van der Waals surface area contributed by atoms with Crippen LogP contribution in [0.1, 0.15) is 46.0 Å². The van der Waals surface area contributed by atoms with Crippen molar-refractivity contribution < 1.29 is 0 Å². The highest BCUT2D eigenvalue weighted by Gasteiger charge is 2.09. The topological polar surface area (TPSA) is 0 Å². The van der Waals surface area contributed by atoms with Gasteiger partial charge in [-0.15, -0.1) is 0 Å². The molecule has 110 valence electrons. The maximum atomic E-state index is 4.20. The molecule has 0 unspecified atom stereocenters. The average molecular weight is 278 g/mol. The summed E-state index contributed by atoms with van der Waals surface area (Å²) >= 11 is 0. The van der Waals surface area contributed by atoms with Crippen LogP contribution in [0.5, 0.6) is 0 Å². The Labute approximate surface area is 129 Å². The van der Waals surface area contributed by atoms with Crippen molar-refractivity contribution in [2.24, 2.45) is 0 Å². The molecular weight excluding hydrogens is 252 g/mol. The van der Waals surface area contributed by atoms with Gasteiger partial charge in [0.1, 0.15) is 0 Å². The first-order valence-corrected chi connectivity index (χ1v) is 7.95. The van der Waals surface area contributed by atoms with E-state index in [1.54, 1.807) is 0 Å². The lowest BCUT2D eigenvalue weighted by atomic mass is 9.92. The van der Waals surface area contributed by atoms with Gasteiger partial charge < -0.3 is 0 Å². The molecule has 0 aromatic heterocycles. The Morgan fingerprint density at radius 1 is 1.14 bits per heavy atom. The minimum atomic E-state index is 0.994. The summed E-state index contributed by atoms with van der Waals surface area (Å²) in [5, 5.41) is 0. The quantitative estimate of drug-likeness (QED) is 0.415. The van der Waals surface area contributed by atoms with Crippen molar-refractivity contribution in [1.82, 2.24) is 0 Å². The average Bonchev–Trinajstić information content (AvgIpc) is 2.64. The van der Waals surface area contributed by atoms with E-state index in [-0.39, 0.29) is 0 Å². The molecule has 0 heteroatoms. The molecule has 21 heavy (non-hydrogen) atoms. The molecule has 0 aliphatic heterocycles. The maximum absolute atomic E-state index is 4.20. The van der Waals surface area contributed by atoms with Crippen LogP contribution in [0.2, 0.25) is 0 Å². The molecule has 0 N–H and O–H groups in total. The van der Waals surface area contributed by atoms with E-state index in [0.29, 0.717) is 0 Å². The van der Waals surface area contributed by atoms with Crippen molar-refractivity contribution in [2.45, 2.75) is 46.0 Å². The minimum Gasteiger partial charge on any atom is -0.0912 e. The highest BCUT2D eigenvalue weighted by molar-refractivity contribution is 5.51. The van der Waals surface area contributed by atoms with Crippen LogP contribution >= 0.6 is 0 Å². The van der Waals surface area contributed by atoms with Crippen LogP contribution in [0, 0.1) is 0 Å². The van der Waals surface area contributed by atoms with E-state index in [1.807, 2.05) is 6.92 Å². The Morgan fingerprint density at radius 3 is 2.81 bits per heavy atom. The van der Waals surface area contributed by atoms with E-state index in [1.165, 1.54) is 41.6 Å². The van der Waals surface area contributed by atoms with Crippen LogP contribution < -0.4 is 0 Å². The second kappa shape index (κ2) is 7.83. The van der Waals surface area contributed by atoms with Gasteiger partial charge in [-0.2, -0.15) is 0 Å². The van der Waals surface area contributed by atoms with Crippen LogP contribution in [0.15, 0.2) is 83.1 Å². The zero-order chi connectivity index (χ0) is 15.1. The minimum absolute atomic E-state index is 0.994. The van der Waals surface area contributed by atoms with E-state index < -0.39 is 0 Å². The van der Waals surface area contributed by atoms with Gasteiger partial charge in [0, 0.05) is 0 Å². The van der Waals surface area contributed by atoms with Gasteiger partial charge in [-0.1, -0.05) is 60.8 Å². The van der Waals surface area contributed by atoms with E-state index in [0.717, 1.165) is 18.4 Å². The first kappa shape index (κ1) is 15.6. The van der Waals surface area contributed by atoms with Crippen molar-refractivity contribution >= 4 is 0 Å². The molecule has 0 radical (unpaired) electrons. The SMILES string of the molecule is C=C(/C=C\C)C1=C/CC=CC/C(C2=CC=C(C)CCC2)=C\1. The Morgan fingerprint density at radius 2 is 2.00 bits per heavy atom. The second-order valence-electron chi connectivity index (χ2n) is 5.82. The summed E-state index contributed by atoms with van der Waals surface area (Å²) in [6.45, 7) is 8.46. The fourth-order valence-electron chi connectivity index (χ4n) is 2.79. The molecule has 0 atom stereocenters. The smallest absolute Gasteiger partial charge is 0.00944 e. The van der Waals surface area contributed by atoms with Crippen LogP contribution in [0.3, 0.4) is 0 Å². The molecule has 0 amide bonds. The number of allylic oxidation sites excluding steroid dienone is 13. The largest absolute Gasteiger partial charge is 0.0912 e. The summed E-state index contributed by atoms with van der Waals surface area (Å²) in [6, 6.07) is 0. The van der Waals surface area contributed by atoms with Gasteiger partial charge in [-0.05, 0) is 68.2 Å². The monoisotopic (exact) mass is 278 g/mol. The van der Waals surface area contributed by atoms with Crippen LogP contribution in [0.4, 0.5) is 0 Å². The third-order valence-corrected chi connectivity index (χ3v) is 4.05. The van der Waals surface area contributed by atoms with E-state index in [9.17, 15) is 0 Å². The van der Waals surface area contributed by atoms with Crippen LogP contribution in [-0.2, 0) is 0 Å². The van der Waals surface area contributed by atoms with Gasteiger partial charge in [0.15, 0.2) is 0 Å². The van der Waals surface area contributed by atoms with E-state index >= 15 is 0 Å². The van der Waals surface area contributed by atoms with Gasteiger partial charge in [-0.3, -0.25) is 0 Å². The summed E-state index contributed by atoms with van der Waals surface area (Å²) in [5.74, 6) is 0. The lowest BCUT2D eigenvalue weighted by molar-refractivity contribution is 0.814.